The Morgan fingerprint density at radius 3 is 3.24 bits per heavy atom. The third kappa shape index (κ3) is 2.62. The summed E-state index contributed by atoms with van der Waals surface area (Å²) < 4.78 is 1.36. The Balaban J connectivity index is 2.07. The Morgan fingerprint density at radius 1 is 1.65 bits per heavy atom. The van der Waals surface area contributed by atoms with E-state index in [1.165, 1.54) is 10.7 Å². The summed E-state index contributed by atoms with van der Waals surface area (Å²) in [5.74, 6) is 1.19. The summed E-state index contributed by atoms with van der Waals surface area (Å²) in [6, 6.07) is 1.73. The predicted molar refractivity (Wildman–Crippen MR) is 64.9 cm³/mol. The molecule has 1 atom stereocenters. The minimum absolute atomic E-state index is 0.282. The summed E-state index contributed by atoms with van der Waals surface area (Å²) in [6.07, 6.45) is 2.42. The number of hydrogen-bond acceptors (Lipinski definition) is 5. The minimum Gasteiger partial charge on any atom is -0.370 e. The minimum atomic E-state index is -0.282. The summed E-state index contributed by atoms with van der Waals surface area (Å²) in [5, 5.41) is 9.42. The van der Waals surface area contributed by atoms with Crippen molar-refractivity contribution in [2.75, 3.05) is 18.4 Å². The van der Waals surface area contributed by atoms with Gasteiger partial charge in [-0.15, -0.1) is 0 Å². The van der Waals surface area contributed by atoms with Crippen LogP contribution >= 0.6 is 0 Å². The van der Waals surface area contributed by atoms with Crippen molar-refractivity contribution in [1.29, 1.82) is 0 Å². The number of hydrogen-bond donors (Lipinski definition) is 3. The van der Waals surface area contributed by atoms with E-state index in [2.05, 4.69) is 27.4 Å². The van der Waals surface area contributed by atoms with Gasteiger partial charge >= 0.3 is 5.69 Å². The topological polar surface area (TPSA) is 101 Å². The van der Waals surface area contributed by atoms with E-state index < -0.39 is 0 Å². The zero-order valence-corrected chi connectivity index (χ0v) is 9.68. The van der Waals surface area contributed by atoms with Gasteiger partial charge < -0.3 is 11.1 Å². The molecule has 2 aromatic heterocycles. The highest BCUT2D eigenvalue weighted by molar-refractivity contribution is 5.48. The first-order valence-corrected chi connectivity index (χ1v) is 5.57. The number of nitrogens with one attached hydrogen (secondary N) is 2. The molecule has 0 aliphatic rings. The third-order valence-electron chi connectivity index (χ3n) is 2.60. The second-order valence-electron chi connectivity index (χ2n) is 4.09. The maximum atomic E-state index is 11.2. The first-order chi connectivity index (χ1) is 8.20. The van der Waals surface area contributed by atoms with E-state index in [9.17, 15) is 4.79 Å². The van der Waals surface area contributed by atoms with Gasteiger partial charge in [-0.25, -0.2) is 19.3 Å². The fraction of sp³-hybridized carbons (Fsp3) is 0.500. The molecule has 7 heteroatoms. The number of fused-ring (bicyclic) bond motifs is 1. The number of H-pyrrole nitrogens is 1. The largest absolute Gasteiger partial charge is 0.370 e. The molecule has 17 heavy (non-hydrogen) atoms. The second-order valence-corrected chi connectivity index (χ2v) is 4.09. The molecule has 7 nitrogen and oxygen atoms in total. The van der Waals surface area contributed by atoms with Crippen LogP contribution in [0.1, 0.15) is 13.3 Å². The molecule has 0 radical (unpaired) electrons. The number of aromatic nitrogens is 4. The van der Waals surface area contributed by atoms with Crippen LogP contribution in [0.15, 0.2) is 17.2 Å². The van der Waals surface area contributed by atoms with Crippen LogP contribution in [-0.4, -0.2) is 32.7 Å². The molecule has 0 aliphatic heterocycles. The van der Waals surface area contributed by atoms with Gasteiger partial charge in [-0.2, -0.15) is 5.10 Å². The summed E-state index contributed by atoms with van der Waals surface area (Å²) in [7, 11) is 0. The Hall–Kier alpha value is -1.89. The molecule has 92 valence electrons. The summed E-state index contributed by atoms with van der Waals surface area (Å²) in [4.78, 5) is 15.3. The first-order valence-electron chi connectivity index (χ1n) is 5.57. The van der Waals surface area contributed by atoms with Gasteiger partial charge in [-0.1, -0.05) is 6.92 Å². The lowest BCUT2D eigenvalue weighted by molar-refractivity contribution is 0.567. The Kier molecular flexibility index (Phi) is 3.38. The van der Waals surface area contributed by atoms with Gasteiger partial charge in [0.25, 0.3) is 0 Å². The van der Waals surface area contributed by atoms with Crippen molar-refractivity contribution in [3.63, 3.8) is 0 Å². The number of nitrogens with zero attached hydrogens (tertiary/aromatic N) is 3. The molecule has 0 spiro atoms. The summed E-state index contributed by atoms with van der Waals surface area (Å²) >= 11 is 0. The Bertz CT molecular complexity index is 545. The molecule has 0 saturated carbocycles. The van der Waals surface area contributed by atoms with E-state index in [4.69, 9.17) is 5.73 Å². The van der Waals surface area contributed by atoms with Crippen LogP contribution in [0.25, 0.3) is 5.65 Å². The standard InChI is InChI=1S/C10H16N6O/c1-7(2-3-11)5-12-8-4-9-14-15-10(17)16(9)6-13-8/h4,6-7,12H,2-3,5,11H2,1H3,(H,15,17). The van der Waals surface area contributed by atoms with E-state index >= 15 is 0 Å². The number of aromatic amines is 1. The lowest BCUT2D eigenvalue weighted by Crippen LogP contribution is -2.16. The molecule has 0 aromatic carbocycles. The molecule has 4 N–H and O–H groups in total. The molecular weight excluding hydrogens is 220 g/mol. The number of anilines is 1. The van der Waals surface area contributed by atoms with Gasteiger partial charge in [0.2, 0.25) is 0 Å². The van der Waals surface area contributed by atoms with E-state index in [-0.39, 0.29) is 5.69 Å². The van der Waals surface area contributed by atoms with Crippen LogP contribution < -0.4 is 16.7 Å². The van der Waals surface area contributed by atoms with Crippen molar-refractivity contribution in [2.45, 2.75) is 13.3 Å². The fourth-order valence-electron chi connectivity index (χ4n) is 1.57. The molecule has 1 unspecified atom stereocenters. The van der Waals surface area contributed by atoms with Gasteiger partial charge in [-0.05, 0) is 18.9 Å². The quantitative estimate of drug-likeness (QED) is 0.668. The van der Waals surface area contributed by atoms with Crippen LogP contribution in [-0.2, 0) is 0 Å². The number of nitrogens with two attached hydrogens (primary N) is 1. The molecule has 2 rings (SSSR count). The van der Waals surface area contributed by atoms with Gasteiger partial charge in [-0.3, -0.25) is 0 Å². The molecular formula is C10H16N6O. The van der Waals surface area contributed by atoms with Crippen molar-refractivity contribution >= 4 is 11.5 Å². The third-order valence-corrected chi connectivity index (χ3v) is 2.60. The number of rotatable bonds is 5. The van der Waals surface area contributed by atoms with Crippen LogP contribution in [0.4, 0.5) is 5.82 Å². The Labute approximate surface area is 98.1 Å². The normalized spacial score (nSPS) is 12.8. The lowest BCUT2D eigenvalue weighted by atomic mass is 10.1. The van der Waals surface area contributed by atoms with Gasteiger partial charge in [0.05, 0.1) is 0 Å². The van der Waals surface area contributed by atoms with Gasteiger partial charge in [0, 0.05) is 12.6 Å². The van der Waals surface area contributed by atoms with E-state index in [1.54, 1.807) is 6.07 Å². The maximum Gasteiger partial charge on any atom is 0.348 e. The van der Waals surface area contributed by atoms with Crippen LogP contribution in [0.2, 0.25) is 0 Å². The van der Waals surface area contributed by atoms with Gasteiger partial charge in [0.15, 0.2) is 5.65 Å². The molecule has 0 bridgehead atoms. The second kappa shape index (κ2) is 4.96. The molecule has 0 amide bonds. The highest BCUT2D eigenvalue weighted by Crippen LogP contribution is 2.06. The summed E-state index contributed by atoms with van der Waals surface area (Å²) in [5.41, 5.74) is 5.75. The van der Waals surface area contributed by atoms with Crippen molar-refractivity contribution < 1.29 is 0 Å². The van der Waals surface area contributed by atoms with E-state index in [0.29, 0.717) is 23.9 Å². The van der Waals surface area contributed by atoms with Crippen molar-refractivity contribution in [2.24, 2.45) is 11.7 Å². The zero-order chi connectivity index (χ0) is 12.3. The SMILES string of the molecule is CC(CCN)CNc1cc2n[nH]c(=O)n2cn1. The smallest absolute Gasteiger partial charge is 0.348 e. The van der Waals surface area contributed by atoms with Crippen molar-refractivity contribution in [3.8, 4) is 0 Å². The van der Waals surface area contributed by atoms with Crippen LogP contribution in [0.3, 0.4) is 0 Å². The average Bonchev–Trinajstić information content (AvgIpc) is 2.69. The zero-order valence-electron chi connectivity index (χ0n) is 9.68. The molecule has 0 fully saturated rings. The first kappa shape index (κ1) is 11.6. The monoisotopic (exact) mass is 236 g/mol. The van der Waals surface area contributed by atoms with E-state index in [1.807, 2.05) is 0 Å². The molecule has 0 saturated heterocycles. The lowest BCUT2D eigenvalue weighted by Gasteiger charge is -2.11. The van der Waals surface area contributed by atoms with Crippen molar-refractivity contribution in [3.05, 3.63) is 22.9 Å². The highest BCUT2D eigenvalue weighted by atomic mass is 16.1. The highest BCUT2D eigenvalue weighted by Gasteiger charge is 2.04. The maximum absolute atomic E-state index is 11.2. The summed E-state index contributed by atoms with van der Waals surface area (Å²) in [6.45, 7) is 3.61. The fourth-order valence-corrected chi connectivity index (χ4v) is 1.57. The van der Waals surface area contributed by atoms with E-state index in [0.717, 1.165) is 13.0 Å². The molecule has 0 aliphatic carbocycles. The van der Waals surface area contributed by atoms with Gasteiger partial charge in [0.1, 0.15) is 12.1 Å². The van der Waals surface area contributed by atoms with Crippen molar-refractivity contribution in [1.82, 2.24) is 19.6 Å². The Morgan fingerprint density at radius 2 is 2.47 bits per heavy atom. The predicted octanol–water partition coefficient (Wildman–Crippen LogP) is -0.186. The molecule has 2 aromatic rings. The van der Waals surface area contributed by atoms with Crippen LogP contribution in [0, 0.1) is 5.92 Å². The van der Waals surface area contributed by atoms with Crippen LogP contribution in [0.5, 0.6) is 0 Å². The molecule has 2 heterocycles. The average molecular weight is 236 g/mol.